The molecule has 0 radical (unpaired) electrons. The molecule has 6 heteroatoms. The molecule has 6 nitrogen and oxygen atoms in total. The van der Waals surface area contributed by atoms with Crippen LogP contribution in [0.25, 0.3) is 11.2 Å². The molecule has 18 heavy (non-hydrogen) atoms. The van der Waals surface area contributed by atoms with Gasteiger partial charge in [-0.25, -0.2) is 4.98 Å². The van der Waals surface area contributed by atoms with E-state index >= 15 is 0 Å². The molecule has 0 aliphatic heterocycles. The maximum atomic E-state index is 5.93. The lowest BCUT2D eigenvalue weighted by molar-refractivity contribution is 0.337. The van der Waals surface area contributed by atoms with Gasteiger partial charge in [-0.05, 0) is 19.7 Å². The Bertz CT molecular complexity index is 536. The SMILES string of the molecule is CCN(C)CCn1c(N)nc2ccc(OC)nc21. The summed E-state index contributed by atoms with van der Waals surface area (Å²) in [5.41, 5.74) is 7.50. The van der Waals surface area contributed by atoms with E-state index in [0.717, 1.165) is 30.8 Å². The van der Waals surface area contributed by atoms with Crippen LogP contribution in [0.15, 0.2) is 12.1 Å². The normalized spacial score (nSPS) is 11.3. The zero-order valence-corrected chi connectivity index (χ0v) is 11.1. The lowest BCUT2D eigenvalue weighted by atomic mass is 10.4. The quantitative estimate of drug-likeness (QED) is 0.855. The summed E-state index contributed by atoms with van der Waals surface area (Å²) >= 11 is 0. The van der Waals surface area contributed by atoms with E-state index in [-0.39, 0.29) is 0 Å². The summed E-state index contributed by atoms with van der Waals surface area (Å²) in [6.45, 7) is 4.80. The van der Waals surface area contributed by atoms with Crippen LogP contribution in [-0.2, 0) is 6.54 Å². The Kier molecular flexibility index (Phi) is 3.66. The molecule has 2 rings (SSSR count). The zero-order valence-electron chi connectivity index (χ0n) is 11.1. The minimum atomic E-state index is 0.496. The number of rotatable bonds is 5. The number of fused-ring (bicyclic) bond motifs is 1. The van der Waals surface area contributed by atoms with E-state index in [1.54, 1.807) is 13.2 Å². The predicted molar refractivity (Wildman–Crippen MR) is 71.7 cm³/mol. The maximum Gasteiger partial charge on any atom is 0.215 e. The number of hydrogen-bond donors (Lipinski definition) is 1. The molecule has 0 amide bonds. The molecule has 0 atom stereocenters. The first kappa shape index (κ1) is 12.6. The van der Waals surface area contributed by atoms with Gasteiger partial charge in [-0.3, -0.25) is 4.57 Å². The molecule has 0 spiro atoms. The van der Waals surface area contributed by atoms with Crippen LogP contribution in [0.4, 0.5) is 5.95 Å². The van der Waals surface area contributed by atoms with Crippen molar-refractivity contribution in [2.45, 2.75) is 13.5 Å². The predicted octanol–water partition coefficient (Wildman–Crippen LogP) is 0.974. The Morgan fingerprint density at radius 2 is 2.17 bits per heavy atom. The van der Waals surface area contributed by atoms with Gasteiger partial charge in [-0.2, -0.15) is 4.98 Å². The van der Waals surface area contributed by atoms with E-state index in [0.29, 0.717) is 11.8 Å². The molecular weight excluding hydrogens is 230 g/mol. The Morgan fingerprint density at radius 3 is 2.83 bits per heavy atom. The van der Waals surface area contributed by atoms with Crippen molar-refractivity contribution in [3.05, 3.63) is 12.1 Å². The molecule has 0 bridgehead atoms. The summed E-state index contributed by atoms with van der Waals surface area (Å²) in [7, 11) is 3.67. The van der Waals surface area contributed by atoms with E-state index in [9.17, 15) is 0 Å². The molecule has 0 saturated carbocycles. The van der Waals surface area contributed by atoms with Crippen LogP contribution in [0.2, 0.25) is 0 Å². The van der Waals surface area contributed by atoms with Gasteiger partial charge in [0.05, 0.1) is 7.11 Å². The average molecular weight is 249 g/mol. The number of nitrogens with zero attached hydrogens (tertiary/aromatic N) is 4. The van der Waals surface area contributed by atoms with Crippen molar-refractivity contribution in [2.24, 2.45) is 0 Å². The van der Waals surface area contributed by atoms with Gasteiger partial charge in [0, 0.05) is 19.2 Å². The summed E-state index contributed by atoms with van der Waals surface area (Å²) in [5.74, 6) is 1.07. The van der Waals surface area contributed by atoms with E-state index in [1.807, 2.05) is 10.6 Å². The highest BCUT2D eigenvalue weighted by atomic mass is 16.5. The topological polar surface area (TPSA) is 69.2 Å². The number of anilines is 1. The van der Waals surface area contributed by atoms with Crippen LogP contribution in [0.3, 0.4) is 0 Å². The minimum absolute atomic E-state index is 0.496. The Morgan fingerprint density at radius 1 is 1.39 bits per heavy atom. The van der Waals surface area contributed by atoms with Crippen molar-refractivity contribution in [2.75, 3.05) is 33.0 Å². The number of pyridine rings is 1. The Balaban J connectivity index is 2.32. The van der Waals surface area contributed by atoms with Crippen molar-refractivity contribution >= 4 is 17.1 Å². The average Bonchev–Trinajstić information content (AvgIpc) is 2.70. The number of aromatic nitrogens is 3. The molecule has 0 fully saturated rings. The molecule has 2 aromatic rings. The second kappa shape index (κ2) is 5.22. The van der Waals surface area contributed by atoms with Crippen LogP contribution in [-0.4, -0.2) is 46.7 Å². The van der Waals surface area contributed by atoms with E-state index in [4.69, 9.17) is 10.5 Å². The Hall–Kier alpha value is -1.82. The number of methoxy groups -OCH3 is 1. The number of hydrogen-bond acceptors (Lipinski definition) is 5. The monoisotopic (exact) mass is 249 g/mol. The number of nitrogens with two attached hydrogens (primary N) is 1. The fraction of sp³-hybridized carbons (Fsp3) is 0.500. The van der Waals surface area contributed by atoms with Gasteiger partial charge in [-0.1, -0.05) is 6.92 Å². The third-order valence-corrected chi connectivity index (χ3v) is 3.05. The first-order valence-electron chi connectivity index (χ1n) is 6.01. The first-order chi connectivity index (χ1) is 8.65. The van der Waals surface area contributed by atoms with Crippen molar-refractivity contribution in [3.63, 3.8) is 0 Å². The second-order valence-corrected chi connectivity index (χ2v) is 4.21. The van der Waals surface area contributed by atoms with Crippen molar-refractivity contribution in [1.82, 2.24) is 19.4 Å². The Labute approximate surface area is 106 Å². The molecule has 0 saturated heterocycles. The smallest absolute Gasteiger partial charge is 0.215 e. The van der Waals surface area contributed by atoms with Crippen LogP contribution < -0.4 is 10.5 Å². The molecular formula is C12H19N5O. The summed E-state index contributed by atoms with van der Waals surface area (Å²) < 4.78 is 7.05. The molecule has 98 valence electrons. The van der Waals surface area contributed by atoms with Gasteiger partial charge < -0.3 is 15.4 Å². The van der Waals surface area contributed by atoms with E-state index < -0.39 is 0 Å². The zero-order chi connectivity index (χ0) is 13.1. The van der Waals surface area contributed by atoms with Gasteiger partial charge >= 0.3 is 0 Å². The standard InChI is InChI=1S/C12H19N5O/c1-4-16(2)7-8-17-11-9(14-12(17)13)5-6-10(15-11)18-3/h5-6H,4,7-8H2,1-3H3,(H2,13,14). The third kappa shape index (κ3) is 2.38. The highest BCUT2D eigenvalue weighted by Crippen LogP contribution is 2.19. The molecule has 2 N–H and O–H groups in total. The fourth-order valence-electron chi connectivity index (χ4n) is 1.76. The van der Waals surface area contributed by atoms with E-state index in [2.05, 4.69) is 28.8 Å². The summed E-state index contributed by atoms with van der Waals surface area (Å²) in [4.78, 5) is 10.9. The van der Waals surface area contributed by atoms with Crippen LogP contribution >= 0.6 is 0 Å². The molecule has 2 heterocycles. The van der Waals surface area contributed by atoms with Crippen LogP contribution in [0, 0.1) is 0 Å². The van der Waals surface area contributed by atoms with Crippen molar-refractivity contribution in [3.8, 4) is 5.88 Å². The fourth-order valence-corrected chi connectivity index (χ4v) is 1.76. The lowest BCUT2D eigenvalue weighted by Crippen LogP contribution is -2.23. The maximum absolute atomic E-state index is 5.93. The number of imidazole rings is 1. The minimum Gasteiger partial charge on any atom is -0.481 e. The molecule has 0 unspecified atom stereocenters. The third-order valence-electron chi connectivity index (χ3n) is 3.05. The molecule has 0 aliphatic rings. The molecule has 0 aromatic carbocycles. The van der Waals surface area contributed by atoms with E-state index in [1.165, 1.54) is 0 Å². The van der Waals surface area contributed by atoms with Gasteiger partial charge in [0.2, 0.25) is 11.8 Å². The van der Waals surface area contributed by atoms with Gasteiger partial charge in [0.1, 0.15) is 5.52 Å². The summed E-state index contributed by atoms with van der Waals surface area (Å²) in [5, 5.41) is 0. The van der Waals surface area contributed by atoms with Crippen molar-refractivity contribution in [1.29, 1.82) is 0 Å². The summed E-state index contributed by atoms with van der Waals surface area (Å²) in [6.07, 6.45) is 0. The van der Waals surface area contributed by atoms with Gasteiger partial charge in [0.25, 0.3) is 0 Å². The highest BCUT2D eigenvalue weighted by Gasteiger charge is 2.10. The highest BCUT2D eigenvalue weighted by molar-refractivity contribution is 5.74. The number of ether oxygens (including phenoxy) is 1. The van der Waals surface area contributed by atoms with Crippen LogP contribution in [0.5, 0.6) is 5.88 Å². The van der Waals surface area contributed by atoms with Crippen LogP contribution in [0.1, 0.15) is 6.92 Å². The number of nitrogen functional groups attached to an aromatic ring is 1. The van der Waals surface area contributed by atoms with Crippen molar-refractivity contribution < 1.29 is 4.74 Å². The first-order valence-corrected chi connectivity index (χ1v) is 6.01. The second-order valence-electron chi connectivity index (χ2n) is 4.21. The number of likely N-dealkylation sites (N-methyl/N-ethyl adjacent to an activating group) is 1. The largest absolute Gasteiger partial charge is 0.481 e. The lowest BCUT2D eigenvalue weighted by Gasteiger charge is -2.14. The van der Waals surface area contributed by atoms with Gasteiger partial charge in [-0.15, -0.1) is 0 Å². The molecule has 0 aliphatic carbocycles. The summed E-state index contributed by atoms with van der Waals surface area (Å²) in [6, 6.07) is 3.66. The molecule has 2 aromatic heterocycles. The van der Waals surface area contributed by atoms with Gasteiger partial charge in [0.15, 0.2) is 5.65 Å².